The van der Waals surface area contributed by atoms with Gasteiger partial charge in [0.05, 0.1) is 5.52 Å². The van der Waals surface area contributed by atoms with Crippen LogP contribution in [-0.4, -0.2) is 4.98 Å². The maximum Gasteiger partial charge on any atom is 0.0708 e. The minimum atomic E-state index is 0.784. The number of hydrogen-bond donors (Lipinski definition) is 1. The van der Waals surface area contributed by atoms with E-state index in [1.165, 1.54) is 16.5 Å². The van der Waals surface area contributed by atoms with Crippen molar-refractivity contribution >= 4 is 32.5 Å². The van der Waals surface area contributed by atoms with Crippen molar-refractivity contribution in [2.45, 2.75) is 20.4 Å². The largest absolute Gasteiger partial charge is 0.380 e. The number of pyridine rings is 1. The maximum absolute atomic E-state index is 4.59. The molecule has 3 heteroatoms. The fraction of sp³-hybridized carbons (Fsp3) is 0.167. The number of hydrogen-bond acceptors (Lipinski definition) is 2. The van der Waals surface area contributed by atoms with Crippen molar-refractivity contribution in [3.05, 3.63) is 69.8 Å². The highest BCUT2D eigenvalue weighted by Gasteiger charge is 2.05. The second-order valence-corrected chi connectivity index (χ2v) is 6.13. The normalized spacial score (nSPS) is 10.8. The Morgan fingerprint density at radius 2 is 1.86 bits per heavy atom. The highest BCUT2D eigenvalue weighted by Crippen LogP contribution is 2.25. The SMILES string of the molecule is Cc1ccc(Br)c(NCc2cc(C)nc3ccccc23)c1. The van der Waals surface area contributed by atoms with E-state index in [9.17, 15) is 0 Å². The van der Waals surface area contributed by atoms with Crippen molar-refractivity contribution in [3.8, 4) is 0 Å². The van der Waals surface area contributed by atoms with Gasteiger partial charge in [-0.1, -0.05) is 24.3 Å². The quantitative estimate of drug-likeness (QED) is 0.706. The summed E-state index contributed by atoms with van der Waals surface area (Å²) in [4.78, 5) is 4.59. The van der Waals surface area contributed by atoms with Crippen LogP contribution in [0.25, 0.3) is 10.9 Å². The molecule has 0 saturated heterocycles. The van der Waals surface area contributed by atoms with Crippen molar-refractivity contribution in [2.24, 2.45) is 0 Å². The van der Waals surface area contributed by atoms with Gasteiger partial charge in [-0.05, 0) is 65.2 Å². The van der Waals surface area contributed by atoms with E-state index in [1.807, 2.05) is 13.0 Å². The molecule has 1 aromatic heterocycles. The standard InChI is InChI=1S/C18H17BrN2/c1-12-7-8-16(19)18(9-12)20-11-14-10-13(2)21-17-6-4-3-5-15(14)17/h3-10,20H,11H2,1-2H3. The van der Waals surface area contributed by atoms with Crippen molar-refractivity contribution < 1.29 is 0 Å². The van der Waals surface area contributed by atoms with Gasteiger partial charge in [0.25, 0.3) is 0 Å². The molecule has 0 saturated carbocycles. The van der Waals surface area contributed by atoms with E-state index in [2.05, 4.69) is 75.6 Å². The van der Waals surface area contributed by atoms with Crippen LogP contribution in [0.3, 0.4) is 0 Å². The van der Waals surface area contributed by atoms with Crippen LogP contribution in [0.4, 0.5) is 5.69 Å². The molecule has 0 aliphatic rings. The molecule has 106 valence electrons. The molecular weight excluding hydrogens is 324 g/mol. The summed E-state index contributed by atoms with van der Waals surface area (Å²) in [6.45, 7) is 4.92. The van der Waals surface area contributed by atoms with Crippen LogP contribution in [0.1, 0.15) is 16.8 Å². The highest BCUT2D eigenvalue weighted by atomic mass is 79.9. The zero-order valence-corrected chi connectivity index (χ0v) is 13.7. The Kier molecular flexibility index (Phi) is 3.93. The van der Waals surface area contributed by atoms with E-state index in [0.29, 0.717) is 0 Å². The summed E-state index contributed by atoms with van der Waals surface area (Å²) >= 11 is 3.59. The first-order valence-corrected chi connectivity index (χ1v) is 7.78. The third kappa shape index (κ3) is 3.08. The van der Waals surface area contributed by atoms with Crippen molar-refractivity contribution in [1.29, 1.82) is 0 Å². The van der Waals surface area contributed by atoms with Gasteiger partial charge in [-0.15, -0.1) is 0 Å². The topological polar surface area (TPSA) is 24.9 Å². The molecule has 3 rings (SSSR count). The number of halogens is 1. The lowest BCUT2D eigenvalue weighted by molar-refractivity contribution is 1.13. The smallest absolute Gasteiger partial charge is 0.0708 e. The lowest BCUT2D eigenvalue weighted by atomic mass is 10.1. The van der Waals surface area contributed by atoms with E-state index in [0.717, 1.165) is 27.9 Å². The molecule has 0 atom stereocenters. The summed E-state index contributed by atoms with van der Waals surface area (Å²) in [6, 6.07) is 16.8. The number of benzene rings is 2. The number of para-hydroxylation sites is 1. The lowest BCUT2D eigenvalue weighted by Crippen LogP contribution is -2.02. The van der Waals surface area contributed by atoms with Crippen LogP contribution in [-0.2, 0) is 6.54 Å². The Morgan fingerprint density at radius 1 is 1.05 bits per heavy atom. The van der Waals surface area contributed by atoms with Crippen LogP contribution in [0.5, 0.6) is 0 Å². The number of anilines is 1. The van der Waals surface area contributed by atoms with Gasteiger partial charge in [-0.3, -0.25) is 4.98 Å². The molecule has 1 heterocycles. The van der Waals surface area contributed by atoms with E-state index in [1.54, 1.807) is 0 Å². The molecule has 0 bridgehead atoms. The summed E-state index contributed by atoms with van der Waals surface area (Å²) in [7, 11) is 0. The third-order valence-electron chi connectivity index (χ3n) is 3.52. The molecule has 0 amide bonds. The monoisotopic (exact) mass is 340 g/mol. The molecular formula is C18H17BrN2. The van der Waals surface area contributed by atoms with Crippen LogP contribution < -0.4 is 5.32 Å². The molecule has 0 radical (unpaired) electrons. The van der Waals surface area contributed by atoms with Gasteiger partial charge in [-0.25, -0.2) is 0 Å². The van der Waals surface area contributed by atoms with Crippen LogP contribution >= 0.6 is 15.9 Å². The summed E-state index contributed by atoms with van der Waals surface area (Å²) < 4.78 is 1.09. The molecule has 1 N–H and O–H groups in total. The number of rotatable bonds is 3. The minimum absolute atomic E-state index is 0.784. The first-order valence-electron chi connectivity index (χ1n) is 6.99. The number of nitrogens with one attached hydrogen (secondary N) is 1. The number of nitrogens with zero attached hydrogens (tertiary/aromatic N) is 1. The van der Waals surface area contributed by atoms with Crippen LogP contribution in [0, 0.1) is 13.8 Å². The summed E-state index contributed by atoms with van der Waals surface area (Å²) in [6.07, 6.45) is 0. The number of fused-ring (bicyclic) bond motifs is 1. The van der Waals surface area contributed by atoms with Gasteiger partial charge in [-0.2, -0.15) is 0 Å². The molecule has 0 spiro atoms. The fourth-order valence-corrected chi connectivity index (χ4v) is 2.89. The minimum Gasteiger partial charge on any atom is -0.380 e. The van der Waals surface area contributed by atoms with Gasteiger partial charge < -0.3 is 5.32 Å². The molecule has 0 aliphatic carbocycles. The second-order valence-electron chi connectivity index (χ2n) is 5.28. The average Bonchev–Trinajstić information content (AvgIpc) is 2.47. The summed E-state index contributed by atoms with van der Waals surface area (Å²) in [5, 5.41) is 4.72. The van der Waals surface area contributed by atoms with Crippen LogP contribution in [0.15, 0.2) is 53.0 Å². The van der Waals surface area contributed by atoms with Crippen molar-refractivity contribution in [1.82, 2.24) is 4.98 Å². The zero-order valence-electron chi connectivity index (χ0n) is 12.2. The average molecular weight is 341 g/mol. The maximum atomic E-state index is 4.59. The van der Waals surface area contributed by atoms with Gasteiger partial charge in [0.15, 0.2) is 0 Å². The van der Waals surface area contributed by atoms with E-state index >= 15 is 0 Å². The summed E-state index contributed by atoms with van der Waals surface area (Å²) in [5.41, 5.74) is 5.74. The Labute approximate surface area is 133 Å². The Bertz CT molecular complexity index is 796. The van der Waals surface area contributed by atoms with E-state index in [4.69, 9.17) is 0 Å². The summed E-state index contributed by atoms with van der Waals surface area (Å²) in [5.74, 6) is 0. The molecule has 0 aliphatic heterocycles. The highest BCUT2D eigenvalue weighted by molar-refractivity contribution is 9.10. The molecule has 2 nitrogen and oxygen atoms in total. The van der Waals surface area contributed by atoms with Crippen molar-refractivity contribution in [2.75, 3.05) is 5.32 Å². The van der Waals surface area contributed by atoms with Gasteiger partial charge in [0, 0.05) is 27.8 Å². The number of aromatic nitrogens is 1. The van der Waals surface area contributed by atoms with Crippen molar-refractivity contribution in [3.63, 3.8) is 0 Å². The molecule has 0 fully saturated rings. The predicted octanol–water partition coefficient (Wildman–Crippen LogP) is 5.23. The molecule has 21 heavy (non-hydrogen) atoms. The van der Waals surface area contributed by atoms with E-state index < -0.39 is 0 Å². The van der Waals surface area contributed by atoms with Gasteiger partial charge in [0.2, 0.25) is 0 Å². The second kappa shape index (κ2) is 5.86. The number of aryl methyl sites for hydroxylation is 2. The van der Waals surface area contributed by atoms with Gasteiger partial charge >= 0.3 is 0 Å². The lowest BCUT2D eigenvalue weighted by Gasteiger charge is -2.12. The Morgan fingerprint density at radius 3 is 2.71 bits per heavy atom. The van der Waals surface area contributed by atoms with Gasteiger partial charge in [0.1, 0.15) is 0 Å². The first-order chi connectivity index (χ1) is 10.1. The molecule has 0 unspecified atom stereocenters. The molecule has 3 aromatic rings. The third-order valence-corrected chi connectivity index (χ3v) is 4.21. The zero-order chi connectivity index (χ0) is 14.8. The van der Waals surface area contributed by atoms with Crippen LogP contribution in [0.2, 0.25) is 0 Å². The fourth-order valence-electron chi connectivity index (χ4n) is 2.51. The van der Waals surface area contributed by atoms with E-state index in [-0.39, 0.29) is 0 Å². The predicted molar refractivity (Wildman–Crippen MR) is 92.7 cm³/mol. The molecule has 2 aromatic carbocycles. The first kappa shape index (κ1) is 14.1. The Hall–Kier alpha value is -1.87. The Balaban J connectivity index is 1.93.